The molecule has 6 nitrogen and oxygen atoms in total. The van der Waals surface area contributed by atoms with Crippen molar-refractivity contribution < 1.29 is 4.74 Å². The average molecular weight is 247 g/mol. The lowest BCUT2D eigenvalue weighted by molar-refractivity contribution is 0.200. The van der Waals surface area contributed by atoms with Crippen LogP contribution in [0.15, 0.2) is 24.5 Å². The van der Waals surface area contributed by atoms with Crippen LogP contribution in [0.2, 0.25) is 0 Å². The maximum absolute atomic E-state index is 4.94. The van der Waals surface area contributed by atoms with Gasteiger partial charge in [0.15, 0.2) is 5.65 Å². The summed E-state index contributed by atoms with van der Waals surface area (Å²) in [5, 5.41) is 6.48. The predicted molar refractivity (Wildman–Crippen MR) is 70.6 cm³/mol. The molecule has 0 aliphatic carbocycles. The Bertz CT molecular complexity index is 491. The molecule has 2 rings (SSSR count). The van der Waals surface area contributed by atoms with Gasteiger partial charge in [-0.25, -0.2) is 9.97 Å². The molecule has 0 aliphatic rings. The predicted octanol–water partition coefficient (Wildman–Crippen LogP) is 0.673. The quantitative estimate of drug-likeness (QED) is 0.701. The highest BCUT2D eigenvalue weighted by Gasteiger charge is 1.98. The Hall–Kier alpha value is -1.79. The fourth-order valence-corrected chi connectivity index (χ4v) is 1.53. The van der Waals surface area contributed by atoms with Gasteiger partial charge in [0.2, 0.25) is 0 Å². The second-order valence-electron chi connectivity index (χ2n) is 3.77. The normalized spacial score (nSPS) is 10.7. The largest absolute Gasteiger partial charge is 0.383 e. The molecule has 18 heavy (non-hydrogen) atoms. The Morgan fingerprint density at radius 3 is 2.89 bits per heavy atom. The molecule has 6 heteroatoms. The van der Waals surface area contributed by atoms with Gasteiger partial charge < -0.3 is 15.4 Å². The number of rotatable bonds is 7. The number of pyridine rings is 1. The summed E-state index contributed by atoms with van der Waals surface area (Å²) in [6, 6.07) is 3.82. The van der Waals surface area contributed by atoms with Gasteiger partial charge in [-0.05, 0) is 12.1 Å². The summed E-state index contributed by atoms with van der Waals surface area (Å²) in [6.45, 7) is 3.25. The smallest absolute Gasteiger partial charge is 0.180 e. The molecule has 2 N–H and O–H groups in total. The molecular formula is C12H17N5O. The molecule has 0 amide bonds. The summed E-state index contributed by atoms with van der Waals surface area (Å²) >= 11 is 0. The van der Waals surface area contributed by atoms with Gasteiger partial charge in [-0.3, -0.25) is 4.98 Å². The van der Waals surface area contributed by atoms with E-state index >= 15 is 0 Å². The van der Waals surface area contributed by atoms with Crippen molar-refractivity contribution in [3.05, 3.63) is 24.5 Å². The van der Waals surface area contributed by atoms with Gasteiger partial charge in [0.25, 0.3) is 0 Å². The van der Waals surface area contributed by atoms with Crippen molar-refractivity contribution in [2.45, 2.75) is 0 Å². The first-order valence-electron chi connectivity index (χ1n) is 5.91. The van der Waals surface area contributed by atoms with E-state index in [1.165, 1.54) is 0 Å². The zero-order valence-electron chi connectivity index (χ0n) is 10.4. The number of nitrogens with one attached hydrogen (secondary N) is 2. The second kappa shape index (κ2) is 6.83. The minimum absolute atomic E-state index is 0.662. The fourth-order valence-electron chi connectivity index (χ4n) is 1.53. The molecule has 0 fully saturated rings. The Balaban J connectivity index is 1.81. The molecule has 0 atom stereocenters. The van der Waals surface area contributed by atoms with Gasteiger partial charge in [-0.1, -0.05) is 0 Å². The molecule has 96 valence electrons. The van der Waals surface area contributed by atoms with Crippen molar-refractivity contribution in [2.24, 2.45) is 0 Å². The van der Waals surface area contributed by atoms with Crippen molar-refractivity contribution in [3.8, 4) is 0 Å². The van der Waals surface area contributed by atoms with Crippen molar-refractivity contribution in [2.75, 3.05) is 38.7 Å². The molecule has 0 radical (unpaired) electrons. The van der Waals surface area contributed by atoms with Gasteiger partial charge in [-0.2, -0.15) is 0 Å². The topological polar surface area (TPSA) is 72.0 Å². The Labute approximate surface area is 106 Å². The average Bonchev–Trinajstić information content (AvgIpc) is 2.42. The minimum atomic E-state index is 0.662. The first kappa shape index (κ1) is 12.7. The first-order valence-corrected chi connectivity index (χ1v) is 5.91. The summed E-state index contributed by atoms with van der Waals surface area (Å²) in [6.07, 6.45) is 3.31. The standard InChI is InChI=1S/C12H17N5O/c1-18-9-8-13-4-5-15-11-3-2-10-12(17-11)16-7-6-14-10/h2-3,6-7,13H,4-5,8-9H2,1H3,(H,15,16,17). The number of ether oxygens (including phenoxy) is 1. The third kappa shape index (κ3) is 3.61. The van der Waals surface area contributed by atoms with Crippen molar-refractivity contribution >= 4 is 17.0 Å². The van der Waals surface area contributed by atoms with Crippen LogP contribution in [-0.2, 0) is 4.74 Å². The third-order valence-corrected chi connectivity index (χ3v) is 2.42. The van der Waals surface area contributed by atoms with Crippen LogP contribution in [-0.4, -0.2) is 48.3 Å². The van der Waals surface area contributed by atoms with E-state index in [2.05, 4.69) is 25.6 Å². The minimum Gasteiger partial charge on any atom is -0.383 e. The number of methoxy groups -OCH3 is 1. The van der Waals surface area contributed by atoms with Crippen LogP contribution in [0.4, 0.5) is 5.82 Å². The first-order chi connectivity index (χ1) is 8.90. The number of hydrogen-bond acceptors (Lipinski definition) is 6. The molecule has 0 aromatic carbocycles. The number of anilines is 1. The van der Waals surface area contributed by atoms with E-state index in [-0.39, 0.29) is 0 Å². The number of hydrogen-bond donors (Lipinski definition) is 2. The second-order valence-corrected chi connectivity index (χ2v) is 3.77. The molecule has 0 aliphatic heterocycles. The monoisotopic (exact) mass is 247 g/mol. The molecule has 2 aromatic heterocycles. The summed E-state index contributed by atoms with van der Waals surface area (Å²) < 4.78 is 4.94. The lowest BCUT2D eigenvalue weighted by atomic mass is 10.4. The van der Waals surface area contributed by atoms with Gasteiger partial charge >= 0.3 is 0 Å². The van der Waals surface area contributed by atoms with E-state index in [4.69, 9.17) is 4.74 Å². The highest BCUT2D eigenvalue weighted by molar-refractivity contribution is 5.71. The maximum atomic E-state index is 4.94. The summed E-state index contributed by atoms with van der Waals surface area (Å²) in [7, 11) is 1.69. The third-order valence-electron chi connectivity index (χ3n) is 2.42. The van der Waals surface area contributed by atoms with Crippen LogP contribution in [0.5, 0.6) is 0 Å². The fraction of sp³-hybridized carbons (Fsp3) is 0.417. The highest BCUT2D eigenvalue weighted by atomic mass is 16.5. The van der Waals surface area contributed by atoms with Crippen molar-refractivity contribution in [1.82, 2.24) is 20.3 Å². The maximum Gasteiger partial charge on any atom is 0.180 e. The van der Waals surface area contributed by atoms with E-state index in [9.17, 15) is 0 Å². The molecule has 0 saturated heterocycles. The molecule has 2 heterocycles. The number of fused-ring (bicyclic) bond motifs is 1. The lowest BCUT2D eigenvalue weighted by Crippen LogP contribution is -2.25. The molecular weight excluding hydrogens is 230 g/mol. The van der Waals surface area contributed by atoms with E-state index in [1.807, 2.05) is 12.1 Å². The van der Waals surface area contributed by atoms with Crippen LogP contribution in [0.3, 0.4) is 0 Å². The number of aromatic nitrogens is 3. The van der Waals surface area contributed by atoms with E-state index < -0.39 is 0 Å². The van der Waals surface area contributed by atoms with Crippen molar-refractivity contribution in [1.29, 1.82) is 0 Å². The van der Waals surface area contributed by atoms with Crippen molar-refractivity contribution in [3.63, 3.8) is 0 Å². The summed E-state index contributed by atoms with van der Waals surface area (Å²) in [5.41, 5.74) is 1.47. The van der Waals surface area contributed by atoms with Gasteiger partial charge in [-0.15, -0.1) is 0 Å². The summed E-state index contributed by atoms with van der Waals surface area (Å²) in [5.74, 6) is 0.816. The molecule has 0 unspecified atom stereocenters. The SMILES string of the molecule is COCCNCCNc1ccc2nccnc2n1. The zero-order valence-corrected chi connectivity index (χ0v) is 10.4. The van der Waals surface area contributed by atoms with Crippen LogP contribution in [0, 0.1) is 0 Å². The van der Waals surface area contributed by atoms with Crippen LogP contribution < -0.4 is 10.6 Å². The molecule has 0 spiro atoms. The molecule has 0 saturated carbocycles. The van der Waals surface area contributed by atoms with E-state index in [0.29, 0.717) is 5.65 Å². The molecule has 0 bridgehead atoms. The Morgan fingerprint density at radius 2 is 2.00 bits per heavy atom. The molecule has 2 aromatic rings. The highest BCUT2D eigenvalue weighted by Crippen LogP contribution is 2.09. The van der Waals surface area contributed by atoms with E-state index in [1.54, 1.807) is 19.5 Å². The zero-order chi connectivity index (χ0) is 12.6. The summed E-state index contributed by atoms with van der Waals surface area (Å²) in [4.78, 5) is 12.7. The van der Waals surface area contributed by atoms with Gasteiger partial charge in [0.1, 0.15) is 11.3 Å². The Morgan fingerprint density at radius 1 is 1.11 bits per heavy atom. The van der Waals surface area contributed by atoms with Crippen LogP contribution in [0.1, 0.15) is 0 Å². The van der Waals surface area contributed by atoms with Crippen LogP contribution >= 0.6 is 0 Å². The van der Waals surface area contributed by atoms with Crippen LogP contribution in [0.25, 0.3) is 11.2 Å². The van der Waals surface area contributed by atoms with Gasteiger partial charge in [0, 0.05) is 39.1 Å². The van der Waals surface area contributed by atoms with E-state index in [0.717, 1.165) is 37.6 Å². The lowest BCUT2D eigenvalue weighted by Gasteiger charge is -2.07. The Kier molecular flexibility index (Phi) is 4.80. The number of nitrogens with zero attached hydrogens (tertiary/aromatic N) is 3. The van der Waals surface area contributed by atoms with Gasteiger partial charge in [0.05, 0.1) is 6.61 Å².